The van der Waals surface area contributed by atoms with Gasteiger partial charge in [0.2, 0.25) is 11.7 Å². The molecule has 164 valence electrons. The minimum Gasteiger partial charge on any atom is -0.493 e. The Kier molecular flexibility index (Phi) is 5.63. The lowest BCUT2D eigenvalue weighted by molar-refractivity contribution is -0.428. The highest BCUT2D eigenvalue weighted by molar-refractivity contribution is 5.79. The van der Waals surface area contributed by atoms with Crippen molar-refractivity contribution in [1.29, 1.82) is 0 Å². The fourth-order valence-electron chi connectivity index (χ4n) is 3.67. The van der Waals surface area contributed by atoms with Crippen molar-refractivity contribution in [2.45, 2.75) is 6.92 Å². The zero-order chi connectivity index (χ0) is 22.8. The quantitative estimate of drug-likeness (QED) is 0.427. The second-order valence-electron chi connectivity index (χ2n) is 7.12. The van der Waals surface area contributed by atoms with Crippen molar-refractivity contribution in [3.05, 3.63) is 59.3 Å². The van der Waals surface area contributed by atoms with E-state index in [1.165, 1.54) is 7.05 Å². The summed E-state index contributed by atoms with van der Waals surface area (Å²) in [5, 5.41) is 4.08. The van der Waals surface area contributed by atoms with Crippen molar-refractivity contribution in [2.24, 2.45) is 0 Å². The van der Waals surface area contributed by atoms with Crippen LogP contribution < -0.4 is 19.5 Å². The number of nitroso groups, excluding NO2 is 1. The van der Waals surface area contributed by atoms with Crippen LogP contribution in [0.4, 0.5) is 17.3 Å². The van der Waals surface area contributed by atoms with Crippen LogP contribution in [-0.4, -0.2) is 47.7 Å². The summed E-state index contributed by atoms with van der Waals surface area (Å²) in [7, 11) is 6.17. The van der Waals surface area contributed by atoms with Gasteiger partial charge in [-0.05, 0) is 19.1 Å². The maximum atomic E-state index is 11.9. The number of aromatic nitrogens is 3. The van der Waals surface area contributed by atoms with Gasteiger partial charge in [0.1, 0.15) is 5.65 Å². The number of hydrogen-bond donors (Lipinski definition) is 1. The first kappa shape index (κ1) is 21.1. The van der Waals surface area contributed by atoms with Crippen LogP contribution in [0, 0.1) is 11.8 Å². The van der Waals surface area contributed by atoms with E-state index in [1.807, 2.05) is 35.9 Å². The Bertz CT molecular complexity index is 1290. The molecule has 0 saturated carbocycles. The molecular formula is C23H24N5O4+. The van der Waals surface area contributed by atoms with E-state index in [0.29, 0.717) is 40.2 Å². The van der Waals surface area contributed by atoms with Crippen molar-refractivity contribution in [2.75, 3.05) is 33.7 Å². The average molecular weight is 434 g/mol. The highest BCUT2D eigenvalue weighted by atomic mass is 16.5. The van der Waals surface area contributed by atoms with Crippen molar-refractivity contribution in [3.8, 4) is 22.9 Å². The maximum absolute atomic E-state index is 11.9. The molecule has 2 heterocycles. The molecule has 0 saturated heterocycles. The van der Waals surface area contributed by atoms with Crippen LogP contribution in [0.5, 0.6) is 17.2 Å². The number of nitrogens with zero attached hydrogens (tertiary/aromatic N) is 4. The van der Waals surface area contributed by atoms with Gasteiger partial charge in [0, 0.05) is 56.9 Å². The van der Waals surface area contributed by atoms with Crippen LogP contribution in [0.2, 0.25) is 0 Å². The fourth-order valence-corrected chi connectivity index (χ4v) is 3.67. The molecule has 4 aromatic rings. The number of nitrogens with one attached hydrogen (secondary N) is 1. The number of benzene rings is 2. The first-order valence-corrected chi connectivity index (χ1v) is 9.88. The highest BCUT2D eigenvalue weighted by Crippen LogP contribution is 2.40. The molecule has 0 amide bonds. The van der Waals surface area contributed by atoms with Crippen LogP contribution in [0.1, 0.15) is 5.56 Å². The predicted molar refractivity (Wildman–Crippen MR) is 122 cm³/mol. The second kappa shape index (κ2) is 8.54. The van der Waals surface area contributed by atoms with Crippen LogP contribution >= 0.6 is 0 Å². The largest absolute Gasteiger partial charge is 0.493 e. The van der Waals surface area contributed by atoms with E-state index in [0.717, 1.165) is 21.4 Å². The Morgan fingerprint density at radius 3 is 2.38 bits per heavy atom. The van der Waals surface area contributed by atoms with E-state index >= 15 is 0 Å². The van der Waals surface area contributed by atoms with Crippen LogP contribution in [0.25, 0.3) is 16.7 Å². The molecule has 0 aliphatic carbocycles. The van der Waals surface area contributed by atoms with Gasteiger partial charge in [-0.15, -0.1) is 0 Å². The standard InChI is InChI=1S/C23H24N5O4/c1-14-17(27(2)29)7-6-8-18(14)28-10-9-15-13-24-23(26-22(15)28)25-16-11-19(30-3)21(32-5)20(12-16)31-4/h6-13H,1-5H3,(H,24,25,26)/q+1. The molecule has 0 unspecified atom stereocenters. The van der Waals surface area contributed by atoms with E-state index in [2.05, 4.69) is 10.3 Å². The molecule has 0 aliphatic heterocycles. The van der Waals surface area contributed by atoms with Gasteiger partial charge in [0.25, 0.3) is 5.69 Å². The Morgan fingerprint density at radius 1 is 1.03 bits per heavy atom. The summed E-state index contributed by atoms with van der Waals surface area (Å²) in [4.78, 5) is 21.0. The summed E-state index contributed by atoms with van der Waals surface area (Å²) in [5.41, 5.74) is 3.74. The molecule has 0 bridgehead atoms. The van der Waals surface area contributed by atoms with Gasteiger partial charge in [-0.3, -0.25) is 0 Å². The molecule has 4 rings (SSSR count). The number of rotatable bonds is 7. The normalized spacial score (nSPS) is 10.8. The van der Waals surface area contributed by atoms with E-state index in [4.69, 9.17) is 19.2 Å². The lowest BCUT2D eigenvalue weighted by atomic mass is 10.1. The smallest absolute Gasteiger partial charge is 0.260 e. The van der Waals surface area contributed by atoms with E-state index in [9.17, 15) is 4.91 Å². The van der Waals surface area contributed by atoms with E-state index in [1.54, 1.807) is 45.7 Å². The zero-order valence-corrected chi connectivity index (χ0v) is 18.5. The van der Waals surface area contributed by atoms with Gasteiger partial charge in [0.15, 0.2) is 18.5 Å². The zero-order valence-electron chi connectivity index (χ0n) is 18.5. The first-order valence-electron chi connectivity index (χ1n) is 9.88. The Balaban J connectivity index is 1.76. The Labute approximate surface area is 185 Å². The molecule has 1 N–H and O–H groups in total. The van der Waals surface area contributed by atoms with Crippen molar-refractivity contribution in [3.63, 3.8) is 0 Å². The second-order valence-corrected chi connectivity index (χ2v) is 7.12. The molecule has 2 aromatic heterocycles. The van der Waals surface area contributed by atoms with Crippen LogP contribution in [0.15, 0.2) is 48.8 Å². The topological polar surface area (TPSA) is 90.5 Å². The third kappa shape index (κ3) is 3.68. The minimum absolute atomic E-state index is 0.404. The van der Waals surface area contributed by atoms with Crippen molar-refractivity contribution >= 4 is 28.4 Å². The third-order valence-corrected chi connectivity index (χ3v) is 5.22. The first-order chi connectivity index (χ1) is 15.5. The summed E-state index contributed by atoms with van der Waals surface area (Å²) in [6.07, 6.45) is 3.66. The number of anilines is 2. The number of ether oxygens (including phenoxy) is 3. The number of hydrogen-bond acceptors (Lipinski definition) is 7. The summed E-state index contributed by atoms with van der Waals surface area (Å²) in [6, 6.07) is 11.1. The van der Waals surface area contributed by atoms with Crippen molar-refractivity contribution < 1.29 is 19.0 Å². The summed E-state index contributed by atoms with van der Waals surface area (Å²) in [6.45, 7) is 1.92. The molecule has 0 aliphatic rings. The fraction of sp³-hybridized carbons (Fsp3) is 0.217. The average Bonchev–Trinajstić information content (AvgIpc) is 3.21. The highest BCUT2D eigenvalue weighted by Gasteiger charge is 2.18. The minimum atomic E-state index is 0.404. The van der Waals surface area contributed by atoms with Gasteiger partial charge in [0.05, 0.1) is 27.0 Å². The lowest BCUT2D eigenvalue weighted by Gasteiger charge is -2.14. The summed E-state index contributed by atoms with van der Waals surface area (Å²) in [5.74, 6) is 1.95. The molecule has 2 aromatic carbocycles. The van der Waals surface area contributed by atoms with Gasteiger partial charge >= 0.3 is 0 Å². The molecule has 0 radical (unpaired) electrons. The van der Waals surface area contributed by atoms with E-state index in [-0.39, 0.29) is 0 Å². The van der Waals surface area contributed by atoms with Crippen LogP contribution in [0.3, 0.4) is 0 Å². The molecule has 0 atom stereocenters. The van der Waals surface area contributed by atoms with Crippen molar-refractivity contribution in [1.82, 2.24) is 14.5 Å². The van der Waals surface area contributed by atoms with E-state index < -0.39 is 0 Å². The number of methoxy groups -OCH3 is 3. The Hall–Kier alpha value is -4.14. The molecular weight excluding hydrogens is 410 g/mol. The predicted octanol–water partition coefficient (Wildman–Crippen LogP) is 4.54. The molecule has 0 fully saturated rings. The van der Waals surface area contributed by atoms with Crippen LogP contribution in [-0.2, 0) is 0 Å². The summed E-state index contributed by atoms with van der Waals surface area (Å²) < 4.78 is 19.0. The van der Waals surface area contributed by atoms with Gasteiger partial charge in [-0.25, -0.2) is 4.98 Å². The Morgan fingerprint density at radius 2 is 1.75 bits per heavy atom. The summed E-state index contributed by atoms with van der Waals surface area (Å²) >= 11 is 0. The molecule has 32 heavy (non-hydrogen) atoms. The monoisotopic (exact) mass is 434 g/mol. The maximum Gasteiger partial charge on any atom is 0.260 e. The number of fused-ring (bicyclic) bond motifs is 1. The third-order valence-electron chi connectivity index (χ3n) is 5.22. The molecule has 9 heteroatoms. The molecule has 9 nitrogen and oxygen atoms in total. The van der Waals surface area contributed by atoms with Gasteiger partial charge < -0.3 is 24.1 Å². The lowest BCUT2D eigenvalue weighted by Crippen LogP contribution is -2.03. The molecule has 0 spiro atoms. The SMILES string of the molecule is COc1cc(Nc2ncc3ccn(-c4cccc([N+](C)=O)c4C)c3n2)cc(OC)c1OC. The van der Waals surface area contributed by atoms with Gasteiger partial charge in [-0.1, -0.05) is 6.07 Å². The van der Waals surface area contributed by atoms with Gasteiger partial charge in [-0.2, -0.15) is 4.98 Å².